The smallest absolute Gasteiger partial charge is 0.402 e. The summed E-state index contributed by atoms with van der Waals surface area (Å²) in [4.78, 5) is 26.2. The van der Waals surface area contributed by atoms with Crippen LogP contribution < -0.4 is 14.2 Å². The van der Waals surface area contributed by atoms with Crippen LogP contribution in [0, 0.1) is 0 Å². The highest BCUT2D eigenvalue weighted by atomic mass is 16.8. The van der Waals surface area contributed by atoms with Crippen LogP contribution in [-0.4, -0.2) is 294 Å². The number of carbonyl (C=O) groups is 2. The van der Waals surface area contributed by atoms with E-state index in [1.54, 1.807) is 0 Å². The lowest BCUT2D eigenvalue weighted by Gasteiger charge is -2.45. The minimum atomic E-state index is -2.17. The lowest BCUT2D eigenvalue weighted by molar-refractivity contribution is -0.352. The number of aromatic hydroxyl groups is 5. The molecule has 4 aromatic carbocycles. The molecule has 0 saturated carbocycles. The number of esters is 2. The molecule has 5 saturated heterocycles. The fourth-order valence-corrected chi connectivity index (χ4v) is 10.7. The highest BCUT2D eigenvalue weighted by molar-refractivity contribution is 5.90. The molecule has 5 aromatic rings. The van der Waals surface area contributed by atoms with Crippen molar-refractivity contribution in [2.45, 2.75) is 160 Å². The first kappa shape index (κ1) is 69.6. The quantitative estimate of drug-likeness (QED) is 0.0209. The molecule has 5 fully saturated rings. The number of benzene rings is 4. The average molecular weight is 1340 g/mol. The molecule has 0 amide bonds. The number of phenolic OH excluding ortho intramolecular Hbond substituents is 5. The third-order valence-corrected chi connectivity index (χ3v) is 16.2. The van der Waals surface area contributed by atoms with Gasteiger partial charge < -0.3 is 159 Å². The molecule has 35 nitrogen and oxygen atoms in total. The molecule has 20 N–H and O–H groups in total. The molecular weight excluding hydrogens is 1270 g/mol. The average Bonchev–Trinajstić information content (AvgIpc) is 0.794. The summed E-state index contributed by atoms with van der Waals surface area (Å²) in [6.45, 7) is -1.76. The van der Waals surface area contributed by atoms with E-state index in [9.17, 15) is 112 Å². The number of aliphatic hydroxyl groups is 15. The molecule has 0 aliphatic carbocycles. The molecule has 0 bridgehead atoms. The van der Waals surface area contributed by atoms with E-state index in [-0.39, 0.29) is 39.2 Å². The van der Waals surface area contributed by atoms with Crippen molar-refractivity contribution in [3.8, 4) is 57.3 Å². The van der Waals surface area contributed by atoms with Crippen molar-refractivity contribution in [2.24, 2.45) is 0 Å². The van der Waals surface area contributed by atoms with Crippen molar-refractivity contribution >= 4 is 22.9 Å². The molecular formula is C59H69O35+. The minimum Gasteiger partial charge on any atom is -0.508 e. The van der Waals surface area contributed by atoms with Crippen molar-refractivity contribution in [1.29, 1.82) is 0 Å². The van der Waals surface area contributed by atoms with Crippen molar-refractivity contribution < 1.29 is 173 Å². The molecule has 5 aliphatic rings. The molecule has 1 aromatic heterocycles. The third-order valence-electron chi connectivity index (χ3n) is 16.2. The minimum absolute atomic E-state index is 0.0419. The number of phenols is 5. The second kappa shape index (κ2) is 29.0. The second-order valence-electron chi connectivity index (χ2n) is 22.6. The van der Waals surface area contributed by atoms with E-state index in [0.29, 0.717) is 0 Å². The van der Waals surface area contributed by atoms with Crippen LogP contribution in [0.4, 0.5) is 0 Å². The summed E-state index contributed by atoms with van der Waals surface area (Å²) in [5.41, 5.74) is -0.788. The predicted octanol–water partition coefficient (Wildman–Crippen LogP) is -5.15. The van der Waals surface area contributed by atoms with Gasteiger partial charge in [0.25, 0.3) is 0 Å². The van der Waals surface area contributed by atoms with Gasteiger partial charge in [-0.1, -0.05) is 0 Å². The van der Waals surface area contributed by atoms with E-state index >= 15 is 0 Å². The van der Waals surface area contributed by atoms with Crippen LogP contribution in [-0.2, 0) is 42.6 Å². The van der Waals surface area contributed by atoms with Crippen molar-refractivity contribution in [2.75, 3.05) is 26.4 Å². The van der Waals surface area contributed by atoms with E-state index in [1.807, 2.05) is 0 Å². The van der Waals surface area contributed by atoms with Gasteiger partial charge in [-0.05, 0) is 55.5 Å². The van der Waals surface area contributed by atoms with Crippen LogP contribution in [0.25, 0.3) is 22.3 Å². The van der Waals surface area contributed by atoms with Gasteiger partial charge in [0, 0.05) is 24.3 Å². The van der Waals surface area contributed by atoms with Crippen LogP contribution in [0.15, 0.2) is 83.3 Å². The van der Waals surface area contributed by atoms with Gasteiger partial charge in [0.1, 0.15) is 158 Å². The number of aliphatic hydroxyl groups excluding tert-OH is 15. The van der Waals surface area contributed by atoms with Crippen molar-refractivity contribution in [1.82, 2.24) is 0 Å². The first-order valence-corrected chi connectivity index (χ1v) is 28.9. The number of rotatable bonds is 19. The van der Waals surface area contributed by atoms with Gasteiger partial charge in [-0.25, -0.2) is 14.0 Å². The summed E-state index contributed by atoms with van der Waals surface area (Å²) < 4.78 is 74.2. The summed E-state index contributed by atoms with van der Waals surface area (Å²) in [7, 11) is 0. The van der Waals surface area contributed by atoms with Crippen LogP contribution >= 0.6 is 0 Å². The zero-order chi connectivity index (χ0) is 67.9. The first-order valence-electron chi connectivity index (χ1n) is 28.9. The summed E-state index contributed by atoms with van der Waals surface area (Å²) in [5.74, 6) is -7.10. The SMILES string of the molecule is CC1O[C@@H](OCC2O[C@@H](Oc3cc4c(O)cc(O[C@@H]5OC(COC(=O)c6ccc(O[C@@H]7OC(COC(=O)c8ccc(O)cc8)[C@@H](O)C(O)C7O)cc6)[C@@H](O)C(O[C@@H]6OC(CO)[C@@H](O)C(O)C6O)C5O)cc4[o+]c3-c3cc(O)c(O)c(O)c3)C(O)C(O)[C@@H]2O)C(O)C(O)[C@H]1O. The summed E-state index contributed by atoms with van der Waals surface area (Å²) in [6.07, 6.45) is -45.4. The highest BCUT2D eigenvalue weighted by Crippen LogP contribution is 2.46. The Labute approximate surface area is 528 Å². The molecule has 6 heterocycles. The number of hydrogen-bond acceptors (Lipinski definition) is 34. The lowest BCUT2D eigenvalue weighted by atomic mass is 9.97. The van der Waals surface area contributed by atoms with Crippen LogP contribution in [0.2, 0.25) is 0 Å². The molecule has 5 aliphatic heterocycles. The summed E-state index contributed by atoms with van der Waals surface area (Å²) >= 11 is 0. The molecule has 35 heteroatoms. The van der Waals surface area contributed by atoms with E-state index in [4.69, 9.17) is 61.3 Å². The Balaban J connectivity index is 0.876. The maximum absolute atomic E-state index is 13.6. The zero-order valence-corrected chi connectivity index (χ0v) is 48.8. The van der Waals surface area contributed by atoms with Crippen molar-refractivity contribution in [3.63, 3.8) is 0 Å². The molecule has 94 heavy (non-hydrogen) atoms. The maximum Gasteiger partial charge on any atom is 0.402 e. The standard InChI is InChI=1S/C59H68O35/c1-19-36(65)42(71)46(75)55(85-19)84-18-34-40(69)45(74)48(77)57(92-34)89-31-14-26-27(62)12-25(13-30(26)88-51(31)22-10-28(63)37(66)29(64)11-22)87-59-50(79)52(94-58-49(78)43(72)38(67)32(15-60)90-58)41(70)35(93-59)17-83-54(81)21-4-8-24(9-5-21)86-56-47(76)44(73)39(68)33(91-56)16-82-53(80)20-2-6-23(61)7-3-20/h2-14,19,32-36,38-50,52,55-60,65,67-79H,15-18H2,1H3,(H4-,61,62,63,64,66,80)/p+1/t19?,32?,33?,34?,35?,36-,38+,39+,40+,41+,42?,43?,44?,45?,46?,47?,48?,49?,50?,52?,55+,56+,57+,58-,59+/m0/s1. The van der Waals surface area contributed by atoms with Crippen LogP contribution in [0.5, 0.6) is 46.0 Å². The third kappa shape index (κ3) is 14.6. The number of fused-ring (bicyclic) bond motifs is 1. The van der Waals surface area contributed by atoms with Gasteiger partial charge in [0.05, 0.1) is 42.1 Å². The largest absolute Gasteiger partial charge is 0.508 e. The second-order valence-corrected chi connectivity index (χ2v) is 22.6. The molecule has 514 valence electrons. The first-order chi connectivity index (χ1) is 44.6. The Morgan fingerprint density at radius 1 is 0.447 bits per heavy atom. The van der Waals surface area contributed by atoms with Gasteiger partial charge in [0.2, 0.25) is 24.6 Å². The van der Waals surface area contributed by atoms with Crippen LogP contribution in [0.1, 0.15) is 27.6 Å². The monoisotopic (exact) mass is 1340 g/mol. The molecule has 25 atom stereocenters. The molecule has 0 radical (unpaired) electrons. The molecule has 0 spiro atoms. The topological polar surface area (TPSA) is 561 Å². The Bertz CT molecular complexity index is 3390. The Morgan fingerprint density at radius 3 is 1.49 bits per heavy atom. The van der Waals surface area contributed by atoms with E-state index in [0.717, 1.165) is 30.3 Å². The normalized spacial score (nSPS) is 36.1. The summed E-state index contributed by atoms with van der Waals surface area (Å²) in [5, 5.41) is 213. The predicted molar refractivity (Wildman–Crippen MR) is 301 cm³/mol. The number of ether oxygens (including phenoxy) is 12. The van der Waals surface area contributed by atoms with Gasteiger partial charge >= 0.3 is 23.3 Å². The Kier molecular flexibility index (Phi) is 21.5. The number of carbonyl (C=O) groups excluding carboxylic acids is 2. The fraction of sp³-hybridized carbons (Fsp3) is 0.508. The van der Waals surface area contributed by atoms with E-state index < -0.39 is 232 Å². The van der Waals surface area contributed by atoms with Crippen molar-refractivity contribution in [3.05, 3.63) is 90.0 Å². The van der Waals surface area contributed by atoms with Gasteiger partial charge in [-0.2, -0.15) is 0 Å². The molecule has 10 rings (SSSR count). The Hall–Kier alpha value is -7.25. The van der Waals surface area contributed by atoms with Crippen LogP contribution in [0.3, 0.4) is 0 Å². The van der Waals surface area contributed by atoms with Gasteiger partial charge in [-0.3, -0.25) is 0 Å². The fourth-order valence-electron chi connectivity index (χ4n) is 10.7. The highest BCUT2D eigenvalue weighted by Gasteiger charge is 2.53. The number of hydrogen-bond donors (Lipinski definition) is 20. The maximum atomic E-state index is 13.6. The van der Waals surface area contributed by atoms with E-state index in [1.165, 1.54) is 55.5 Å². The summed E-state index contributed by atoms with van der Waals surface area (Å²) in [6, 6.07) is 14.6. The van der Waals surface area contributed by atoms with E-state index in [2.05, 4.69) is 0 Å². The van der Waals surface area contributed by atoms with Gasteiger partial charge in [0.15, 0.2) is 29.8 Å². The zero-order valence-electron chi connectivity index (χ0n) is 48.8. The van der Waals surface area contributed by atoms with Gasteiger partial charge in [-0.15, -0.1) is 0 Å². The molecule has 15 unspecified atom stereocenters. The lowest BCUT2D eigenvalue weighted by Crippen LogP contribution is -2.65. The Morgan fingerprint density at radius 2 is 0.915 bits per heavy atom.